The summed E-state index contributed by atoms with van der Waals surface area (Å²) < 4.78 is 11.3. The molecule has 2 rings (SSSR count). The van der Waals surface area contributed by atoms with Crippen LogP contribution in [0.4, 0.5) is 17.6 Å². The van der Waals surface area contributed by atoms with E-state index in [1.165, 1.54) is 0 Å². The molecule has 0 spiro atoms. The summed E-state index contributed by atoms with van der Waals surface area (Å²) in [6.07, 6.45) is 0. The fourth-order valence-electron chi connectivity index (χ4n) is 1.49. The summed E-state index contributed by atoms with van der Waals surface area (Å²) in [4.78, 5) is 12.0. The summed E-state index contributed by atoms with van der Waals surface area (Å²) >= 11 is 3.39. The Kier molecular flexibility index (Phi) is 4.57. The molecule has 0 aliphatic rings. The molecule has 0 unspecified atom stereocenters. The third kappa shape index (κ3) is 3.47. The molecule has 1 aromatic heterocycles. The van der Waals surface area contributed by atoms with E-state index in [0.29, 0.717) is 18.3 Å². The van der Waals surface area contributed by atoms with Crippen LogP contribution in [0.3, 0.4) is 0 Å². The van der Waals surface area contributed by atoms with Gasteiger partial charge in [0.05, 0.1) is 18.2 Å². The number of hydrogen-bond donors (Lipinski definition) is 2. The van der Waals surface area contributed by atoms with Crippen LogP contribution in [-0.4, -0.2) is 28.7 Å². The highest BCUT2D eigenvalue weighted by molar-refractivity contribution is 9.10. The predicted molar refractivity (Wildman–Crippen MR) is 79.4 cm³/mol. The standard InChI is InChI=1S/C12H14BrN5O2/c1-3-20-12-17-10(14)16-11(18-12)15-7-4-5-8(13)9(6-7)19-2/h4-6H,3H2,1-2H3,(H3,14,15,16,17,18). The molecular formula is C12H14BrN5O2. The summed E-state index contributed by atoms with van der Waals surface area (Å²) in [5, 5.41) is 3.02. The van der Waals surface area contributed by atoms with Gasteiger partial charge in [0.25, 0.3) is 0 Å². The first-order valence-electron chi connectivity index (χ1n) is 5.87. The molecule has 0 fully saturated rings. The van der Waals surface area contributed by atoms with E-state index < -0.39 is 0 Å². The minimum atomic E-state index is 0.0926. The van der Waals surface area contributed by atoms with E-state index in [-0.39, 0.29) is 12.0 Å². The normalized spacial score (nSPS) is 10.2. The van der Waals surface area contributed by atoms with E-state index >= 15 is 0 Å². The van der Waals surface area contributed by atoms with Crippen molar-refractivity contribution in [2.24, 2.45) is 0 Å². The molecule has 2 aromatic rings. The molecule has 0 saturated heterocycles. The molecule has 1 aromatic carbocycles. The van der Waals surface area contributed by atoms with Crippen molar-refractivity contribution in [3.63, 3.8) is 0 Å². The topological polar surface area (TPSA) is 95.2 Å². The minimum absolute atomic E-state index is 0.0926. The van der Waals surface area contributed by atoms with E-state index in [1.807, 2.05) is 25.1 Å². The van der Waals surface area contributed by atoms with Crippen LogP contribution in [0.2, 0.25) is 0 Å². The van der Waals surface area contributed by atoms with Crippen molar-refractivity contribution in [2.45, 2.75) is 6.92 Å². The molecule has 0 saturated carbocycles. The molecule has 106 valence electrons. The van der Waals surface area contributed by atoms with Crippen LogP contribution >= 0.6 is 15.9 Å². The van der Waals surface area contributed by atoms with Gasteiger partial charge in [-0.2, -0.15) is 15.0 Å². The van der Waals surface area contributed by atoms with E-state index in [1.54, 1.807) is 7.11 Å². The first-order chi connectivity index (χ1) is 9.62. The van der Waals surface area contributed by atoms with Crippen LogP contribution in [0, 0.1) is 0 Å². The zero-order valence-electron chi connectivity index (χ0n) is 11.1. The molecule has 8 heteroatoms. The largest absolute Gasteiger partial charge is 0.495 e. The van der Waals surface area contributed by atoms with Gasteiger partial charge in [-0.3, -0.25) is 0 Å². The van der Waals surface area contributed by atoms with Crippen LogP contribution in [0.1, 0.15) is 6.92 Å². The van der Waals surface area contributed by atoms with Crippen LogP contribution in [0.15, 0.2) is 22.7 Å². The molecule has 20 heavy (non-hydrogen) atoms. The maximum atomic E-state index is 5.61. The molecular weight excluding hydrogens is 326 g/mol. The highest BCUT2D eigenvalue weighted by Gasteiger charge is 2.07. The number of ether oxygens (including phenoxy) is 2. The molecule has 0 atom stereocenters. The third-order valence-corrected chi connectivity index (χ3v) is 2.97. The van der Waals surface area contributed by atoms with Crippen LogP contribution in [-0.2, 0) is 0 Å². The first kappa shape index (κ1) is 14.3. The summed E-state index contributed by atoms with van der Waals surface area (Å²) in [6.45, 7) is 2.29. The van der Waals surface area contributed by atoms with Gasteiger partial charge < -0.3 is 20.5 Å². The Hall–Kier alpha value is -2.09. The molecule has 3 N–H and O–H groups in total. The first-order valence-corrected chi connectivity index (χ1v) is 6.66. The van der Waals surface area contributed by atoms with E-state index in [2.05, 4.69) is 36.2 Å². The SMILES string of the molecule is CCOc1nc(N)nc(Nc2ccc(Br)c(OC)c2)n1. The third-order valence-electron chi connectivity index (χ3n) is 2.31. The minimum Gasteiger partial charge on any atom is -0.495 e. The summed E-state index contributed by atoms with van der Waals surface area (Å²) in [7, 11) is 1.60. The van der Waals surface area contributed by atoms with Gasteiger partial charge in [0.1, 0.15) is 5.75 Å². The number of nitrogen functional groups attached to an aromatic ring is 1. The Morgan fingerprint density at radius 3 is 2.80 bits per heavy atom. The molecule has 0 amide bonds. The Morgan fingerprint density at radius 2 is 2.10 bits per heavy atom. The zero-order valence-corrected chi connectivity index (χ0v) is 12.6. The van der Waals surface area contributed by atoms with Gasteiger partial charge in [-0.25, -0.2) is 0 Å². The zero-order chi connectivity index (χ0) is 14.5. The number of hydrogen-bond acceptors (Lipinski definition) is 7. The Labute approximate surface area is 124 Å². The summed E-state index contributed by atoms with van der Waals surface area (Å²) in [5.41, 5.74) is 6.37. The van der Waals surface area contributed by atoms with Gasteiger partial charge in [-0.1, -0.05) is 0 Å². The monoisotopic (exact) mass is 339 g/mol. The number of aromatic nitrogens is 3. The molecule has 1 heterocycles. The molecule has 0 bridgehead atoms. The second-order valence-electron chi connectivity index (χ2n) is 3.71. The van der Waals surface area contributed by atoms with Crippen molar-refractivity contribution in [3.8, 4) is 11.8 Å². The number of nitrogens with two attached hydrogens (primary N) is 1. The van der Waals surface area contributed by atoms with Crippen LogP contribution in [0.25, 0.3) is 0 Å². The van der Waals surface area contributed by atoms with Gasteiger partial charge in [-0.05, 0) is 35.0 Å². The number of anilines is 3. The van der Waals surface area contributed by atoms with Crippen molar-refractivity contribution in [2.75, 3.05) is 24.8 Å². The maximum Gasteiger partial charge on any atom is 0.323 e. The van der Waals surface area contributed by atoms with Crippen molar-refractivity contribution >= 4 is 33.5 Å². The quantitative estimate of drug-likeness (QED) is 0.863. The van der Waals surface area contributed by atoms with E-state index in [4.69, 9.17) is 15.2 Å². The Morgan fingerprint density at radius 1 is 1.30 bits per heavy atom. The van der Waals surface area contributed by atoms with Crippen molar-refractivity contribution in [1.29, 1.82) is 0 Å². The van der Waals surface area contributed by atoms with Crippen LogP contribution in [0.5, 0.6) is 11.8 Å². The lowest BCUT2D eigenvalue weighted by Crippen LogP contribution is -2.06. The molecule has 7 nitrogen and oxygen atoms in total. The highest BCUT2D eigenvalue weighted by atomic mass is 79.9. The van der Waals surface area contributed by atoms with Crippen molar-refractivity contribution < 1.29 is 9.47 Å². The average molecular weight is 340 g/mol. The lowest BCUT2D eigenvalue weighted by molar-refractivity contribution is 0.312. The lowest BCUT2D eigenvalue weighted by atomic mass is 10.3. The molecule has 0 radical (unpaired) electrons. The average Bonchev–Trinajstić information content (AvgIpc) is 2.40. The van der Waals surface area contributed by atoms with Crippen molar-refractivity contribution in [1.82, 2.24) is 15.0 Å². The molecule has 0 aliphatic heterocycles. The van der Waals surface area contributed by atoms with E-state index in [0.717, 1.165) is 10.2 Å². The Balaban J connectivity index is 2.25. The number of nitrogens with zero attached hydrogens (tertiary/aromatic N) is 3. The fourth-order valence-corrected chi connectivity index (χ4v) is 1.90. The number of halogens is 1. The van der Waals surface area contributed by atoms with Gasteiger partial charge in [0.2, 0.25) is 11.9 Å². The second kappa shape index (κ2) is 6.38. The number of benzene rings is 1. The lowest BCUT2D eigenvalue weighted by Gasteiger charge is -2.09. The van der Waals surface area contributed by atoms with E-state index in [9.17, 15) is 0 Å². The Bertz CT molecular complexity index is 608. The van der Waals surface area contributed by atoms with Gasteiger partial charge >= 0.3 is 6.01 Å². The predicted octanol–water partition coefficient (Wildman–Crippen LogP) is 2.37. The number of nitrogens with one attached hydrogen (secondary N) is 1. The van der Waals surface area contributed by atoms with Crippen LogP contribution < -0.4 is 20.5 Å². The number of rotatable bonds is 5. The number of methoxy groups -OCH3 is 1. The summed E-state index contributed by atoms with van der Waals surface area (Å²) in [6, 6.07) is 5.71. The van der Waals surface area contributed by atoms with Gasteiger partial charge in [0.15, 0.2) is 0 Å². The fraction of sp³-hybridized carbons (Fsp3) is 0.250. The highest BCUT2D eigenvalue weighted by Crippen LogP contribution is 2.29. The summed E-state index contributed by atoms with van der Waals surface area (Å²) in [5.74, 6) is 1.10. The molecule has 0 aliphatic carbocycles. The van der Waals surface area contributed by atoms with Crippen molar-refractivity contribution in [3.05, 3.63) is 22.7 Å². The second-order valence-corrected chi connectivity index (χ2v) is 4.56. The van der Waals surface area contributed by atoms with Gasteiger partial charge in [0, 0.05) is 11.8 Å². The van der Waals surface area contributed by atoms with Gasteiger partial charge in [-0.15, -0.1) is 0 Å². The smallest absolute Gasteiger partial charge is 0.323 e. The maximum absolute atomic E-state index is 5.61.